The predicted octanol–water partition coefficient (Wildman–Crippen LogP) is 3.56. The molecule has 0 saturated carbocycles. The average molecular weight is 398 g/mol. The highest BCUT2D eigenvalue weighted by molar-refractivity contribution is 7.89. The molecule has 3 aromatic rings. The van der Waals surface area contributed by atoms with E-state index < -0.39 is 10.0 Å². The van der Waals surface area contributed by atoms with Crippen molar-refractivity contribution in [3.8, 4) is 11.5 Å². The third-order valence-corrected chi connectivity index (χ3v) is 7.31. The maximum atomic E-state index is 13.5. The Hall–Kier alpha value is -2.64. The van der Waals surface area contributed by atoms with Crippen molar-refractivity contribution in [2.24, 2.45) is 0 Å². The summed E-state index contributed by atoms with van der Waals surface area (Å²) in [7, 11) is -0.542. The molecule has 2 heterocycles. The number of nitrogens with zero attached hydrogens (tertiary/aromatic N) is 2. The van der Waals surface area contributed by atoms with E-state index in [0.29, 0.717) is 30.0 Å². The summed E-state index contributed by atoms with van der Waals surface area (Å²) in [6.07, 6.45) is 2.23. The smallest absolute Gasteiger partial charge is 0.245 e. The monoisotopic (exact) mass is 398 g/mol. The highest BCUT2D eigenvalue weighted by Crippen LogP contribution is 2.40. The van der Waals surface area contributed by atoms with Crippen molar-refractivity contribution < 1.29 is 17.9 Å². The van der Waals surface area contributed by atoms with Crippen LogP contribution in [-0.4, -0.2) is 38.5 Å². The second kappa shape index (κ2) is 7.07. The maximum absolute atomic E-state index is 13.5. The molecule has 1 unspecified atom stereocenters. The van der Waals surface area contributed by atoms with Crippen molar-refractivity contribution in [2.75, 3.05) is 20.8 Å². The van der Waals surface area contributed by atoms with Gasteiger partial charge in [0.15, 0.2) is 11.5 Å². The van der Waals surface area contributed by atoms with E-state index in [9.17, 15) is 8.42 Å². The number of ether oxygens (including phenoxy) is 2. The van der Waals surface area contributed by atoms with E-state index in [4.69, 9.17) is 9.47 Å². The van der Waals surface area contributed by atoms with Crippen LogP contribution in [0.25, 0.3) is 10.9 Å². The number of pyridine rings is 1. The van der Waals surface area contributed by atoms with Gasteiger partial charge in [-0.1, -0.05) is 18.2 Å². The van der Waals surface area contributed by atoms with Gasteiger partial charge >= 0.3 is 0 Å². The second-order valence-corrected chi connectivity index (χ2v) is 8.64. The van der Waals surface area contributed by atoms with Gasteiger partial charge in [-0.05, 0) is 48.7 Å². The van der Waals surface area contributed by atoms with Crippen LogP contribution in [-0.2, 0) is 16.4 Å². The standard InChI is InChI=1S/C21H22N2O4S/c1-14-17-13-19(27-3)18(26-2)12-16(17)9-11-23(14)28(24,25)20-8-4-6-15-7-5-10-22-21(15)20/h4-8,10,12-14H,9,11H2,1-3H3. The first-order valence-electron chi connectivity index (χ1n) is 9.07. The third kappa shape index (κ3) is 2.91. The largest absolute Gasteiger partial charge is 0.493 e. The van der Waals surface area contributed by atoms with Crippen molar-refractivity contribution in [3.63, 3.8) is 0 Å². The van der Waals surface area contributed by atoms with Crippen molar-refractivity contribution in [2.45, 2.75) is 24.3 Å². The van der Waals surface area contributed by atoms with Crippen LogP contribution in [0.2, 0.25) is 0 Å². The van der Waals surface area contributed by atoms with Crippen molar-refractivity contribution in [1.82, 2.24) is 9.29 Å². The molecule has 0 saturated heterocycles. The lowest BCUT2D eigenvalue weighted by Gasteiger charge is -2.34. The van der Waals surface area contributed by atoms with Crippen LogP contribution in [0.4, 0.5) is 0 Å². The van der Waals surface area contributed by atoms with Gasteiger partial charge in [0, 0.05) is 24.2 Å². The number of sulfonamides is 1. The molecular formula is C21H22N2O4S. The Morgan fingerprint density at radius 3 is 2.54 bits per heavy atom. The predicted molar refractivity (Wildman–Crippen MR) is 107 cm³/mol. The van der Waals surface area contributed by atoms with Crippen LogP contribution >= 0.6 is 0 Å². The zero-order chi connectivity index (χ0) is 19.9. The van der Waals surface area contributed by atoms with Crippen LogP contribution in [0.15, 0.2) is 53.6 Å². The number of hydrogen-bond acceptors (Lipinski definition) is 5. The van der Waals surface area contributed by atoms with Gasteiger partial charge in [0.1, 0.15) is 4.90 Å². The average Bonchev–Trinajstić information content (AvgIpc) is 2.72. The molecule has 0 bridgehead atoms. The number of fused-ring (bicyclic) bond motifs is 2. The minimum Gasteiger partial charge on any atom is -0.493 e. The summed E-state index contributed by atoms with van der Waals surface area (Å²) < 4.78 is 39.4. The lowest BCUT2D eigenvalue weighted by atomic mass is 9.94. The minimum atomic E-state index is -3.72. The minimum absolute atomic E-state index is 0.237. The number of rotatable bonds is 4. The molecule has 0 spiro atoms. The Morgan fingerprint density at radius 2 is 1.79 bits per heavy atom. The van der Waals surface area contributed by atoms with Gasteiger partial charge in [0.2, 0.25) is 10.0 Å². The Morgan fingerprint density at radius 1 is 1.07 bits per heavy atom. The molecule has 2 aromatic carbocycles. The summed E-state index contributed by atoms with van der Waals surface area (Å²) in [4.78, 5) is 4.56. The van der Waals surface area contributed by atoms with Crippen LogP contribution in [0.5, 0.6) is 11.5 Å². The van der Waals surface area contributed by atoms with E-state index in [1.165, 1.54) is 0 Å². The first-order chi connectivity index (χ1) is 13.5. The number of methoxy groups -OCH3 is 2. The van der Waals surface area contributed by atoms with E-state index in [2.05, 4.69) is 4.98 Å². The van der Waals surface area contributed by atoms with Gasteiger partial charge in [-0.15, -0.1) is 0 Å². The number of benzene rings is 2. The van der Waals surface area contributed by atoms with E-state index in [0.717, 1.165) is 16.5 Å². The number of aromatic nitrogens is 1. The highest BCUT2D eigenvalue weighted by atomic mass is 32.2. The summed E-state index contributed by atoms with van der Waals surface area (Å²) in [5, 5.41) is 0.806. The number of para-hydroxylation sites is 1. The number of hydrogen-bond donors (Lipinski definition) is 0. The molecule has 28 heavy (non-hydrogen) atoms. The van der Waals surface area contributed by atoms with Crippen LogP contribution in [0, 0.1) is 0 Å². The fourth-order valence-electron chi connectivity index (χ4n) is 3.86. The summed E-state index contributed by atoms with van der Waals surface area (Å²) in [5.74, 6) is 1.25. The first-order valence-corrected chi connectivity index (χ1v) is 10.5. The topological polar surface area (TPSA) is 68.7 Å². The first kappa shape index (κ1) is 18.7. The Balaban J connectivity index is 1.80. The SMILES string of the molecule is COc1cc2c(cc1OC)C(C)N(S(=O)(=O)c1cccc3cccnc13)CC2. The fourth-order valence-corrected chi connectivity index (χ4v) is 5.64. The molecule has 0 fully saturated rings. The zero-order valence-electron chi connectivity index (χ0n) is 16.0. The van der Waals surface area contributed by atoms with E-state index in [-0.39, 0.29) is 10.9 Å². The lowest BCUT2D eigenvalue weighted by Crippen LogP contribution is -2.39. The second-order valence-electron chi connectivity index (χ2n) is 6.78. The normalized spacial score (nSPS) is 17.3. The molecule has 0 N–H and O–H groups in total. The van der Waals surface area contributed by atoms with E-state index in [1.54, 1.807) is 42.9 Å². The summed E-state index contributed by atoms with van der Waals surface area (Å²) >= 11 is 0. The lowest BCUT2D eigenvalue weighted by molar-refractivity contribution is 0.319. The Kier molecular flexibility index (Phi) is 4.72. The van der Waals surface area contributed by atoms with Crippen molar-refractivity contribution >= 4 is 20.9 Å². The molecule has 0 amide bonds. The highest BCUT2D eigenvalue weighted by Gasteiger charge is 2.35. The van der Waals surface area contributed by atoms with Gasteiger partial charge in [-0.25, -0.2) is 8.42 Å². The van der Waals surface area contributed by atoms with E-state index >= 15 is 0 Å². The van der Waals surface area contributed by atoms with Crippen LogP contribution in [0.3, 0.4) is 0 Å². The van der Waals surface area contributed by atoms with Crippen LogP contribution in [0.1, 0.15) is 24.1 Å². The van der Waals surface area contributed by atoms with Gasteiger partial charge < -0.3 is 9.47 Å². The maximum Gasteiger partial charge on any atom is 0.245 e. The van der Waals surface area contributed by atoms with Crippen molar-refractivity contribution in [3.05, 3.63) is 59.8 Å². The quantitative estimate of drug-likeness (QED) is 0.672. The Bertz CT molecular complexity index is 1140. The molecule has 4 rings (SSSR count). The molecule has 146 valence electrons. The Labute approximate surface area is 164 Å². The van der Waals surface area contributed by atoms with E-state index in [1.807, 2.05) is 31.2 Å². The molecule has 0 radical (unpaired) electrons. The third-order valence-electron chi connectivity index (χ3n) is 5.31. The van der Waals surface area contributed by atoms with Crippen LogP contribution < -0.4 is 9.47 Å². The summed E-state index contributed by atoms with van der Waals surface area (Å²) in [5.41, 5.74) is 2.50. The molecule has 1 aliphatic rings. The summed E-state index contributed by atoms with van der Waals surface area (Å²) in [6.45, 7) is 2.30. The van der Waals surface area contributed by atoms with Gasteiger partial charge in [0.05, 0.1) is 19.7 Å². The fraction of sp³-hybridized carbons (Fsp3) is 0.286. The van der Waals surface area contributed by atoms with Gasteiger partial charge in [-0.3, -0.25) is 4.98 Å². The van der Waals surface area contributed by atoms with Gasteiger partial charge in [-0.2, -0.15) is 4.31 Å². The molecule has 1 atom stereocenters. The molecule has 1 aromatic heterocycles. The molecular weight excluding hydrogens is 376 g/mol. The van der Waals surface area contributed by atoms with Crippen molar-refractivity contribution in [1.29, 1.82) is 0 Å². The molecule has 7 heteroatoms. The molecule has 0 aliphatic carbocycles. The molecule has 6 nitrogen and oxygen atoms in total. The van der Waals surface area contributed by atoms with Gasteiger partial charge in [0.25, 0.3) is 0 Å². The zero-order valence-corrected chi connectivity index (χ0v) is 16.9. The summed E-state index contributed by atoms with van der Waals surface area (Å²) in [6, 6.07) is 12.4. The molecule has 1 aliphatic heterocycles.